The number of carbonyl (C=O) groups excluding carboxylic acids is 2. The fourth-order valence-corrected chi connectivity index (χ4v) is 2.25. The number of amides is 1. The first kappa shape index (κ1) is 18.4. The number of Topliss-reactive ketones (excluding diaryl/α,β-unsaturated/α-hetero) is 1. The molecule has 0 saturated carbocycles. The molecule has 0 radical (unpaired) electrons. The molecule has 22 heavy (non-hydrogen) atoms. The zero-order valence-electron chi connectivity index (χ0n) is 14.0. The van der Waals surface area contributed by atoms with Crippen LogP contribution in [0.3, 0.4) is 0 Å². The van der Waals surface area contributed by atoms with Crippen molar-refractivity contribution in [3.05, 3.63) is 34.9 Å². The van der Waals surface area contributed by atoms with Gasteiger partial charge in [-0.05, 0) is 38.3 Å². The maximum Gasteiger partial charge on any atom is 0.220 e. The molecule has 0 spiro atoms. The van der Waals surface area contributed by atoms with Crippen molar-refractivity contribution in [3.63, 3.8) is 0 Å². The molecule has 2 N–H and O–H groups in total. The number of carbonyl (C=O) groups is 2. The molecule has 122 valence electrons. The summed E-state index contributed by atoms with van der Waals surface area (Å²) in [5, 5.41) is 12.8. The molecular formula is C18H27NO3. The minimum atomic E-state index is -0.854. The Bertz CT molecular complexity index is 533. The molecule has 0 saturated heterocycles. The molecule has 0 unspecified atom stereocenters. The molecule has 1 aromatic rings. The van der Waals surface area contributed by atoms with Gasteiger partial charge < -0.3 is 10.4 Å². The summed E-state index contributed by atoms with van der Waals surface area (Å²) in [5.41, 5.74) is 1.80. The summed E-state index contributed by atoms with van der Waals surface area (Å²) in [6, 6.07) is 5.75. The monoisotopic (exact) mass is 305 g/mol. The van der Waals surface area contributed by atoms with E-state index >= 15 is 0 Å². The molecule has 0 aliphatic heterocycles. The van der Waals surface area contributed by atoms with Crippen LogP contribution in [-0.4, -0.2) is 28.9 Å². The second-order valence-electron chi connectivity index (χ2n) is 5.95. The Hall–Kier alpha value is -1.68. The van der Waals surface area contributed by atoms with Gasteiger partial charge in [0, 0.05) is 24.9 Å². The number of hydrogen-bond acceptors (Lipinski definition) is 3. The highest BCUT2D eigenvalue weighted by Crippen LogP contribution is 2.15. The van der Waals surface area contributed by atoms with Crippen LogP contribution in [0.25, 0.3) is 0 Å². The van der Waals surface area contributed by atoms with Gasteiger partial charge in [0.2, 0.25) is 5.91 Å². The van der Waals surface area contributed by atoms with Crippen molar-refractivity contribution < 1.29 is 14.7 Å². The third-order valence-electron chi connectivity index (χ3n) is 4.20. The largest absolute Gasteiger partial charge is 0.388 e. The number of aryl methyl sites for hydroxylation is 2. The van der Waals surface area contributed by atoms with E-state index in [-0.39, 0.29) is 31.1 Å². The zero-order chi connectivity index (χ0) is 16.8. The van der Waals surface area contributed by atoms with Crippen LogP contribution in [0.15, 0.2) is 18.2 Å². The lowest BCUT2D eigenvalue weighted by Gasteiger charge is -2.25. The summed E-state index contributed by atoms with van der Waals surface area (Å²) in [5.74, 6) is -0.212. The molecular weight excluding hydrogens is 278 g/mol. The highest BCUT2D eigenvalue weighted by Gasteiger charge is 2.22. The van der Waals surface area contributed by atoms with Crippen molar-refractivity contribution >= 4 is 11.7 Å². The van der Waals surface area contributed by atoms with E-state index in [1.54, 1.807) is 0 Å². The fraction of sp³-hybridized carbons (Fsp3) is 0.556. The van der Waals surface area contributed by atoms with Gasteiger partial charge in [-0.15, -0.1) is 0 Å². The van der Waals surface area contributed by atoms with Gasteiger partial charge in [0.25, 0.3) is 0 Å². The van der Waals surface area contributed by atoms with Crippen LogP contribution in [0, 0.1) is 13.8 Å². The molecule has 0 bridgehead atoms. The molecule has 0 fully saturated rings. The number of ketones is 1. The van der Waals surface area contributed by atoms with Crippen LogP contribution >= 0.6 is 0 Å². The third kappa shape index (κ3) is 5.26. The normalized spacial score (nSPS) is 11.3. The zero-order valence-corrected chi connectivity index (χ0v) is 14.0. The lowest BCUT2D eigenvalue weighted by Crippen LogP contribution is -2.42. The molecule has 4 heteroatoms. The summed E-state index contributed by atoms with van der Waals surface area (Å²) in [4.78, 5) is 24.0. The highest BCUT2D eigenvalue weighted by molar-refractivity contribution is 5.99. The number of rotatable bonds is 8. The van der Waals surface area contributed by atoms with E-state index in [0.29, 0.717) is 18.4 Å². The number of aliphatic hydroxyl groups is 1. The molecule has 0 aliphatic carbocycles. The van der Waals surface area contributed by atoms with Crippen LogP contribution in [0.5, 0.6) is 0 Å². The minimum absolute atomic E-state index is 0.0161. The summed E-state index contributed by atoms with van der Waals surface area (Å²) in [7, 11) is 0. The molecule has 4 nitrogen and oxygen atoms in total. The topological polar surface area (TPSA) is 66.4 Å². The van der Waals surface area contributed by atoms with E-state index in [9.17, 15) is 14.7 Å². The Balaban J connectivity index is 2.50. The lowest BCUT2D eigenvalue weighted by atomic mass is 9.97. The number of hydrogen-bond donors (Lipinski definition) is 2. The summed E-state index contributed by atoms with van der Waals surface area (Å²) in [6.07, 6.45) is 1.51. The predicted molar refractivity (Wildman–Crippen MR) is 88.0 cm³/mol. The molecule has 0 aromatic heterocycles. The lowest BCUT2D eigenvalue weighted by molar-refractivity contribution is -0.122. The molecule has 0 aliphatic rings. The quantitative estimate of drug-likeness (QED) is 0.726. The van der Waals surface area contributed by atoms with Gasteiger partial charge in [0.1, 0.15) is 0 Å². The third-order valence-corrected chi connectivity index (χ3v) is 4.20. The Morgan fingerprint density at radius 3 is 2.36 bits per heavy atom. The van der Waals surface area contributed by atoms with Gasteiger partial charge in [0.15, 0.2) is 5.78 Å². The van der Waals surface area contributed by atoms with Gasteiger partial charge in [0.05, 0.1) is 5.60 Å². The first-order valence-corrected chi connectivity index (χ1v) is 7.91. The average molecular weight is 305 g/mol. The highest BCUT2D eigenvalue weighted by atomic mass is 16.3. The Labute approximate surface area is 132 Å². The van der Waals surface area contributed by atoms with E-state index in [1.165, 1.54) is 0 Å². The van der Waals surface area contributed by atoms with E-state index in [4.69, 9.17) is 0 Å². The van der Waals surface area contributed by atoms with Crippen molar-refractivity contribution in [2.24, 2.45) is 0 Å². The van der Waals surface area contributed by atoms with Crippen molar-refractivity contribution in [2.45, 2.75) is 59.0 Å². The summed E-state index contributed by atoms with van der Waals surface area (Å²) in [6.45, 7) is 7.85. The van der Waals surface area contributed by atoms with Crippen LogP contribution in [0.4, 0.5) is 0 Å². The molecule has 0 atom stereocenters. The summed E-state index contributed by atoms with van der Waals surface area (Å²) >= 11 is 0. The van der Waals surface area contributed by atoms with Crippen LogP contribution in [-0.2, 0) is 4.79 Å². The minimum Gasteiger partial charge on any atom is -0.388 e. The second kappa shape index (κ2) is 8.08. The van der Waals surface area contributed by atoms with E-state index in [2.05, 4.69) is 5.32 Å². The maximum absolute atomic E-state index is 12.2. The van der Waals surface area contributed by atoms with Gasteiger partial charge >= 0.3 is 0 Å². The van der Waals surface area contributed by atoms with Gasteiger partial charge in [-0.2, -0.15) is 0 Å². The van der Waals surface area contributed by atoms with Gasteiger partial charge in [-0.1, -0.05) is 31.5 Å². The average Bonchev–Trinajstić information content (AvgIpc) is 2.52. The second-order valence-corrected chi connectivity index (χ2v) is 5.95. The first-order valence-electron chi connectivity index (χ1n) is 7.91. The van der Waals surface area contributed by atoms with Crippen molar-refractivity contribution in [1.82, 2.24) is 5.32 Å². The van der Waals surface area contributed by atoms with Gasteiger partial charge in [-0.3, -0.25) is 9.59 Å². The maximum atomic E-state index is 12.2. The van der Waals surface area contributed by atoms with Crippen molar-refractivity contribution in [2.75, 3.05) is 6.54 Å². The molecule has 0 heterocycles. The van der Waals surface area contributed by atoms with Crippen LogP contribution in [0.2, 0.25) is 0 Å². The molecule has 1 rings (SSSR count). The van der Waals surface area contributed by atoms with Crippen molar-refractivity contribution in [1.29, 1.82) is 0 Å². The number of benzene rings is 1. The van der Waals surface area contributed by atoms with E-state index in [1.807, 2.05) is 45.9 Å². The first-order chi connectivity index (χ1) is 10.3. The smallest absolute Gasteiger partial charge is 0.220 e. The van der Waals surface area contributed by atoms with Crippen LogP contribution < -0.4 is 5.32 Å². The standard InChI is InChI=1S/C18H27NO3/c1-5-18(22,6-2)12-19-17(21)10-9-16(20)15-11-13(3)7-8-14(15)4/h7-8,11,22H,5-6,9-10,12H2,1-4H3,(H,19,21). The Morgan fingerprint density at radius 2 is 1.77 bits per heavy atom. The summed E-state index contributed by atoms with van der Waals surface area (Å²) < 4.78 is 0. The van der Waals surface area contributed by atoms with E-state index < -0.39 is 5.60 Å². The predicted octanol–water partition coefficient (Wildman–Crippen LogP) is 2.93. The molecule has 1 aromatic carbocycles. The fourth-order valence-electron chi connectivity index (χ4n) is 2.25. The van der Waals surface area contributed by atoms with E-state index in [0.717, 1.165) is 11.1 Å². The number of nitrogens with one attached hydrogen (secondary N) is 1. The van der Waals surface area contributed by atoms with Crippen molar-refractivity contribution in [3.8, 4) is 0 Å². The van der Waals surface area contributed by atoms with Crippen LogP contribution in [0.1, 0.15) is 61.0 Å². The Morgan fingerprint density at radius 1 is 1.14 bits per heavy atom. The Kier molecular flexibility index (Phi) is 6.75. The van der Waals surface area contributed by atoms with Gasteiger partial charge in [-0.25, -0.2) is 0 Å². The molecule has 1 amide bonds. The SMILES string of the molecule is CCC(O)(CC)CNC(=O)CCC(=O)c1cc(C)ccc1C.